The number of halogens is 1. The van der Waals surface area contributed by atoms with E-state index in [2.05, 4.69) is 11.3 Å². The van der Waals surface area contributed by atoms with Crippen LogP contribution in [0.4, 0.5) is 0 Å². The molecular weight excluding hydrogens is 244 g/mol. The fourth-order valence-corrected chi connectivity index (χ4v) is 1.47. The van der Waals surface area contributed by atoms with Crippen molar-refractivity contribution in [2.75, 3.05) is 20.8 Å². The zero-order valence-electron chi connectivity index (χ0n) is 9.66. The molecule has 17 heavy (non-hydrogen) atoms. The summed E-state index contributed by atoms with van der Waals surface area (Å²) in [5.41, 5.74) is 0.250. The molecule has 0 aliphatic heterocycles. The van der Waals surface area contributed by atoms with E-state index in [1.54, 1.807) is 6.08 Å². The number of carbonyl (C=O) groups is 1. The maximum absolute atomic E-state index is 11.5. The van der Waals surface area contributed by atoms with Crippen molar-refractivity contribution in [1.82, 2.24) is 0 Å². The first-order valence-corrected chi connectivity index (χ1v) is 5.21. The Morgan fingerprint density at radius 1 is 1.41 bits per heavy atom. The predicted octanol–water partition coefficient (Wildman–Crippen LogP) is 2.70. The summed E-state index contributed by atoms with van der Waals surface area (Å²) in [4.78, 5) is 11.5. The van der Waals surface area contributed by atoms with Crippen molar-refractivity contribution in [3.63, 3.8) is 0 Å². The topological polar surface area (TPSA) is 44.8 Å². The molecule has 0 atom stereocenters. The molecule has 0 heterocycles. The maximum atomic E-state index is 11.5. The quantitative estimate of drug-likeness (QED) is 0.600. The zero-order chi connectivity index (χ0) is 12.8. The Morgan fingerprint density at radius 2 is 2.12 bits per heavy atom. The minimum atomic E-state index is -0.520. The zero-order valence-corrected chi connectivity index (χ0v) is 10.4. The molecule has 0 spiro atoms. The molecule has 0 aliphatic carbocycles. The lowest BCUT2D eigenvalue weighted by Crippen LogP contribution is -2.06. The smallest absolute Gasteiger partial charge is 0.341 e. The summed E-state index contributed by atoms with van der Waals surface area (Å²) in [5, 5.41) is 0.318. The number of hydrogen-bond donors (Lipinski definition) is 0. The van der Waals surface area contributed by atoms with Gasteiger partial charge in [-0.2, -0.15) is 0 Å². The number of carbonyl (C=O) groups excluding carboxylic acids is 1. The SMILES string of the molecule is C=CCOc1cc(OC)c(Cl)cc1C(=O)OC. The summed E-state index contributed by atoms with van der Waals surface area (Å²) in [5.74, 6) is 0.255. The Morgan fingerprint density at radius 3 is 2.65 bits per heavy atom. The molecule has 0 bridgehead atoms. The molecule has 0 amide bonds. The number of benzene rings is 1. The third-order valence-corrected chi connectivity index (χ3v) is 2.31. The van der Waals surface area contributed by atoms with Crippen LogP contribution in [0.3, 0.4) is 0 Å². The molecular formula is C12H13ClO4. The van der Waals surface area contributed by atoms with Gasteiger partial charge in [0.1, 0.15) is 23.7 Å². The molecule has 0 saturated heterocycles. The lowest BCUT2D eigenvalue weighted by molar-refractivity contribution is 0.0596. The average Bonchev–Trinajstić information content (AvgIpc) is 2.35. The summed E-state index contributed by atoms with van der Waals surface area (Å²) in [6.45, 7) is 3.80. The Bertz CT molecular complexity index is 429. The highest BCUT2D eigenvalue weighted by atomic mass is 35.5. The second-order valence-electron chi connectivity index (χ2n) is 3.07. The predicted molar refractivity (Wildman–Crippen MR) is 65.0 cm³/mol. The van der Waals surface area contributed by atoms with Gasteiger partial charge in [-0.3, -0.25) is 0 Å². The van der Waals surface area contributed by atoms with E-state index >= 15 is 0 Å². The van der Waals surface area contributed by atoms with E-state index < -0.39 is 5.97 Å². The Balaban J connectivity index is 3.20. The van der Waals surface area contributed by atoms with Crippen LogP contribution in [0.2, 0.25) is 5.02 Å². The summed E-state index contributed by atoms with van der Waals surface area (Å²) in [6.07, 6.45) is 1.57. The molecule has 1 aromatic carbocycles. The third kappa shape index (κ3) is 3.14. The lowest BCUT2D eigenvalue weighted by atomic mass is 10.2. The van der Waals surface area contributed by atoms with Gasteiger partial charge in [0.05, 0.1) is 19.2 Å². The fourth-order valence-electron chi connectivity index (χ4n) is 1.23. The Labute approximate surface area is 105 Å². The van der Waals surface area contributed by atoms with Crippen LogP contribution in [0.25, 0.3) is 0 Å². The monoisotopic (exact) mass is 256 g/mol. The lowest BCUT2D eigenvalue weighted by Gasteiger charge is -2.11. The molecule has 0 aliphatic rings. The first-order valence-electron chi connectivity index (χ1n) is 4.83. The van der Waals surface area contributed by atoms with Crippen molar-refractivity contribution in [3.8, 4) is 11.5 Å². The highest BCUT2D eigenvalue weighted by Crippen LogP contribution is 2.33. The van der Waals surface area contributed by atoms with Gasteiger partial charge in [0.25, 0.3) is 0 Å². The van der Waals surface area contributed by atoms with Gasteiger partial charge in [-0.15, -0.1) is 0 Å². The van der Waals surface area contributed by atoms with Gasteiger partial charge in [-0.05, 0) is 6.07 Å². The molecule has 0 fully saturated rings. The van der Waals surface area contributed by atoms with E-state index in [1.807, 2.05) is 0 Å². The van der Waals surface area contributed by atoms with Crippen molar-refractivity contribution in [1.29, 1.82) is 0 Å². The van der Waals surface area contributed by atoms with E-state index in [0.29, 0.717) is 16.5 Å². The molecule has 0 N–H and O–H groups in total. The molecule has 0 aromatic heterocycles. The van der Waals surface area contributed by atoms with E-state index in [1.165, 1.54) is 26.4 Å². The van der Waals surface area contributed by atoms with Gasteiger partial charge in [0.15, 0.2) is 0 Å². The van der Waals surface area contributed by atoms with Gasteiger partial charge in [-0.25, -0.2) is 4.79 Å². The van der Waals surface area contributed by atoms with E-state index in [0.717, 1.165) is 0 Å². The minimum Gasteiger partial charge on any atom is -0.495 e. The number of hydrogen-bond acceptors (Lipinski definition) is 4. The van der Waals surface area contributed by atoms with Crippen molar-refractivity contribution in [3.05, 3.63) is 35.4 Å². The second kappa shape index (κ2) is 6.15. The van der Waals surface area contributed by atoms with Gasteiger partial charge in [-0.1, -0.05) is 24.3 Å². The number of esters is 1. The normalized spacial score (nSPS) is 9.59. The van der Waals surface area contributed by atoms with Crippen LogP contribution in [-0.2, 0) is 4.74 Å². The van der Waals surface area contributed by atoms with Crippen molar-refractivity contribution in [2.24, 2.45) is 0 Å². The Hall–Kier alpha value is -1.68. The summed E-state index contributed by atoms with van der Waals surface area (Å²) >= 11 is 5.93. The van der Waals surface area contributed by atoms with Gasteiger partial charge >= 0.3 is 5.97 Å². The second-order valence-corrected chi connectivity index (χ2v) is 3.48. The van der Waals surface area contributed by atoms with Crippen molar-refractivity contribution < 1.29 is 19.0 Å². The Kier molecular flexibility index (Phi) is 4.84. The molecule has 1 rings (SSSR count). The number of rotatable bonds is 5. The third-order valence-electron chi connectivity index (χ3n) is 2.02. The van der Waals surface area contributed by atoms with Gasteiger partial charge < -0.3 is 14.2 Å². The minimum absolute atomic E-state index is 0.250. The standard InChI is InChI=1S/C12H13ClO4/c1-4-5-17-10-7-11(15-2)9(13)6-8(10)12(14)16-3/h4,6-7H,1,5H2,2-3H3. The van der Waals surface area contributed by atoms with Crippen LogP contribution in [0.15, 0.2) is 24.8 Å². The van der Waals surface area contributed by atoms with Crippen molar-refractivity contribution >= 4 is 17.6 Å². The first-order chi connectivity index (χ1) is 8.13. The van der Waals surface area contributed by atoms with Gasteiger partial charge in [0, 0.05) is 6.07 Å². The van der Waals surface area contributed by atoms with Gasteiger partial charge in [0.2, 0.25) is 0 Å². The van der Waals surface area contributed by atoms with Crippen LogP contribution in [0.1, 0.15) is 10.4 Å². The highest BCUT2D eigenvalue weighted by molar-refractivity contribution is 6.32. The molecule has 0 saturated carbocycles. The fraction of sp³-hybridized carbons (Fsp3) is 0.250. The van der Waals surface area contributed by atoms with Crippen LogP contribution in [0.5, 0.6) is 11.5 Å². The molecule has 5 heteroatoms. The largest absolute Gasteiger partial charge is 0.495 e. The van der Waals surface area contributed by atoms with E-state index in [-0.39, 0.29) is 12.2 Å². The summed E-state index contributed by atoms with van der Waals surface area (Å²) in [6, 6.07) is 2.99. The summed E-state index contributed by atoms with van der Waals surface area (Å²) < 4.78 is 15.0. The first kappa shape index (κ1) is 13.4. The van der Waals surface area contributed by atoms with Crippen LogP contribution in [0, 0.1) is 0 Å². The van der Waals surface area contributed by atoms with Crippen LogP contribution in [-0.4, -0.2) is 26.8 Å². The van der Waals surface area contributed by atoms with Crippen LogP contribution < -0.4 is 9.47 Å². The molecule has 92 valence electrons. The molecule has 0 unspecified atom stereocenters. The molecule has 0 radical (unpaired) electrons. The molecule has 1 aromatic rings. The number of methoxy groups -OCH3 is 2. The average molecular weight is 257 g/mol. The molecule has 4 nitrogen and oxygen atoms in total. The summed E-state index contributed by atoms with van der Waals surface area (Å²) in [7, 11) is 2.77. The highest BCUT2D eigenvalue weighted by Gasteiger charge is 2.17. The van der Waals surface area contributed by atoms with Crippen molar-refractivity contribution in [2.45, 2.75) is 0 Å². The van der Waals surface area contributed by atoms with Crippen LogP contribution >= 0.6 is 11.6 Å². The van der Waals surface area contributed by atoms with E-state index in [4.69, 9.17) is 21.1 Å². The number of ether oxygens (including phenoxy) is 3. The van der Waals surface area contributed by atoms with E-state index in [9.17, 15) is 4.79 Å². The maximum Gasteiger partial charge on any atom is 0.341 e.